The van der Waals surface area contributed by atoms with Gasteiger partial charge in [-0.25, -0.2) is 0 Å². The van der Waals surface area contributed by atoms with Crippen LogP contribution in [0.3, 0.4) is 0 Å². The van der Waals surface area contributed by atoms with Gasteiger partial charge in [-0.3, -0.25) is 19.8 Å². The van der Waals surface area contributed by atoms with Gasteiger partial charge in [0.05, 0.1) is 55.6 Å². The number of amides is 1. The zero-order valence-electron chi connectivity index (χ0n) is 20.7. The van der Waals surface area contributed by atoms with Crippen molar-refractivity contribution in [1.29, 1.82) is 0 Å². The Hall–Kier alpha value is -3.73. The van der Waals surface area contributed by atoms with Crippen molar-refractivity contribution in [3.05, 3.63) is 66.4 Å². The Labute approximate surface area is 215 Å². The second-order valence-corrected chi connectivity index (χ2v) is 9.46. The summed E-state index contributed by atoms with van der Waals surface area (Å²) in [5.74, 6) is -0.257. The molecule has 10 heteroatoms. The molecule has 1 unspecified atom stereocenters. The van der Waals surface area contributed by atoms with Crippen LogP contribution in [0.2, 0.25) is 0 Å². The molecular weight excluding hydrogens is 470 g/mol. The largest absolute Gasteiger partial charge is 0.382 e. The summed E-state index contributed by atoms with van der Waals surface area (Å²) in [5.41, 5.74) is 4.92. The summed E-state index contributed by atoms with van der Waals surface area (Å²) in [4.78, 5) is 22.3. The van der Waals surface area contributed by atoms with Gasteiger partial charge in [0.15, 0.2) is 5.69 Å². The van der Waals surface area contributed by atoms with Crippen molar-refractivity contribution in [2.45, 2.75) is 6.04 Å². The van der Waals surface area contributed by atoms with E-state index in [4.69, 9.17) is 9.47 Å². The van der Waals surface area contributed by atoms with Gasteiger partial charge in [-0.1, -0.05) is 12.1 Å². The Kier molecular flexibility index (Phi) is 6.85. The van der Waals surface area contributed by atoms with E-state index in [0.717, 1.165) is 86.9 Å². The minimum atomic E-state index is -0.257. The summed E-state index contributed by atoms with van der Waals surface area (Å²) in [6.07, 6.45) is 9.62. The van der Waals surface area contributed by atoms with Crippen LogP contribution in [0.25, 0.3) is 22.0 Å². The molecule has 1 amide bonds. The van der Waals surface area contributed by atoms with E-state index in [-0.39, 0.29) is 11.9 Å². The minimum Gasteiger partial charge on any atom is -0.382 e. The number of morpholine rings is 2. The zero-order chi connectivity index (χ0) is 25.0. The number of ether oxygens (including phenoxy) is 2. The van der Waals surface area contributed by atoms with Gasteiger partial charge >= 0.3 is 0 Å². The predicted octanol–water partition coefficient (Wildman–Crippen LogP) is 1.89. The first-order valence-electron chi connectivity index (χ1n) is 12.7. The van der Waals surface area contributed by atoms with Crippen LogP contribution in [-0.4, -0.2) is 91.2 Å². The van der Waals surface area contributed by atoms with Crippen molar-refractivity contribution in [3.63, 3.8) is 0 Å². The maximum Gasteiger partial charge on any atom is 0.276 e. The van der Waals surface area contributed by atoms with Crippen molar-refractivity contribution in [3.8, 4) is 11.1 Å². The Balaban J connectivity index is 1.15. The van der Waals surface area contributed by atoms with E-state index in [0.29, 0.717) is 11.4 Å². The molecular formula is C27H31N7O3. The number of nitrogens with one attached hydrogen (secondary N) is 3. The van der Waals surface area contributed by atoms with Crippen molar-refractivity contribution < 1.29 is 14.3 Å². The van der Waals surface area contributed by atoms with Crippen molar-refractivity contribution >= 4 is 22.5 Å². The number of benzene rings is 1. The molecule has 0 bridgehead atoms. The molecule has 10 nitrogen and oxygen atoms in total. The van der Waals surface area contributed by atoms with Crippen LogP contribution < -0.4 is 15.5 Å². The Morgan fingerprint density at radius 3 is 2.62 bits per heavy atom. The van der Waals surface area contributed by atoms with E-state index >= 15 is 0 Å². The van der Waals surface area contributed by atoms with Gasteiger partial charge in [0, 0.05) is 56.1 Å². The average Bonchev–Trinajstić information content (AvgIpc) is 3.39. The molecule has 2 fully saturated rings. The van der Waals surface area contributed by atoms with E-state index in [9.17, 15) is 4.79 Å². The van der Waals surface area contributed by atoms with Crippen molar-refractivity contribution in [2.24, 2.45) is 0 Å². The quantitative estimate of drug-likeness (QED) is 0.470. The molecule has 0 spiro atoms. The van der Waals surface area contributed by atoms with E-state index in [2.05, 4.69) is 47.8 Å². The summed E-state index contributed by atoms with van der Waals surface area (Å²) in [6, 6.07) is 8.31. The highest BCUT2D eigenvalue weighted by Gasteiger charge is 2.19. The maximum atomic E-state index is 13.1. The Morgan fingerprint density at radius 2 is 1.84 bits per heavy atom. The van der Waals surface area contributed by atoms with Crippen LogP contribution >= 0.6 is 0 Å². The van der Waals surface area contributed by atoms with E-state index in [1.807, 2.05) is 42.9 Å². The second kappa shape index (κ2) is 10.7. The first-order valence-corrected chi connectivity index (χ1v) is 12.7. The van der Waals surface area contributed by atoms with Crippen LogP contribution in [0.4, 0.5) is 5.69 Å². The van der Waals surface area contributed by atoms with E-state index in [1.165, 1.54) is 0 Å². The molecule has 3 aromatic rings. The maximum absolute atomic E-state index is 13.1. The van der Waals surface area contributed by atoms with Gasteiger partial charge in [-0.05, 0) is 29.8 Å². The number of allylic oxidation sites excluding steroid dienone is 1. The standard InChI is InChI=1S/C27H31N7O3/c35-27(30-21-2-3-22(29-16-21)18-33-5-9-36-10-6-33)26-24-14-19(1-4-25(24)31-32-26)20-13-23(17-28-15-20)34-7-11-37-12-8-34/h1-4,13-17,22,29H,5-12,18H2,(H,30,35)(H,31,32). The molecule has 5 heterocycles. The molecule has 2 saturated heterocycles. The van der Waals surface area contributed by atoms with Crippen LogP contribution in [0.1, 0.15) is 10.5 Å². The van der Waals surface area contributed by atoms with Crippen LogP contribution in [0, 0.1) is 0 Å². The summed E-state index contributed by atoms with van der Waals surface area (Å²) >= 11 is 0. The minimum absolute atomic E-state index is 0.203. The lowest BCUT2D eigenvalue weighted by Crippen LogP contribution is -2.44. The smallest absolute Gasteiger partial charge is 0.276 e. The molecule has 37 heavy (non-hydrogen) atoms. The SMILES string of the molecule is O=C(NC1=CNC(CN2CCOCC2)C=C1)c1n[nH]c2ccc(-c3cncc(N4CCOCC4)c3)cc12. The monoisotopic (exact) mass is 501 g/mol. The Morgan fingerprint density at radius 1 is 1.03 bits per heavy atom. The molecule has 6 rings (SSSR count). The summed E-state index contributed by atoms with van der Waals surface area (Å²) in [5, 5.41) is 14.4. The molecule has 0 saturated carbocycles. The number of fused-ring (bicyclic) bond motifs is 1. The fraction of sp³-hybridized carbons (Fsp3) is 0.370. The third-order valence-corrected chi connectivity index (χ3v) is 6.99. The number of hydrogen-bond acceptors (Lipinski definition) is 8. The second-order valence-electron chi connectivity index (χ2n) is 9.46. The lowest BCUT2D eigenvalue weighted by atomic mass is 10.0. The van der Waals surface area contributed by atoms with Gasteiger partial charge < -0.3 is 25.0 Å². The molecule has 3 aliphatic rings. The third kappa shape index (κ3) is 5.36. The Bertz CT molecular complexity index is 1320. The molecule has 2 aromatic heterocycles. The van der Waals surface area contributed by atoms with Crippen LogP contribution in [0.15, 0.2) is 60.7 Å². The predicted molar refractivity (Wildman–Crippen MR) is 141 cm³/mol. The van der Waals surface area contributed by atoms with Crippen LogP contribution in [-0.2, 0) is 9.47 Å². The van der Waals surface area contributed by atoms with E-state index < -0.39 is 0 Å². The van der Waals surface area contributed by atoms with Crippen molar-refractivity contribution in [2.75, 3.05) is 64.1 Å². The van der Waals surface area contributed by atoms with Crippen molar-refractivity contribution in [1.82, 2.24) is 30.7 Å². The molecule has 1 atom stereocenters. The number of aromatic amines is 1. The van der Waals surface area contributed by atoms with Gasteiger partial charge in [-0.15, -0.1) is 0 Å². The molecule has 3 N–H and O–H groups in total. The number of pyridine rings is 1. The lowest BCUT2D eigenvalue weighted by molar-refractivity contribution is 0.0360. The summed E-state index contributed by atoms with van der Waals surface area (Å²) < 4.78 is 10.9. The average molecular weight is 502 g/mol. The highest BCUT2D eigenvalue weighted by molar-refractivity contribution is 6.06. The summed E-state index contributed by atoms with van der Waals surface area (Å²) in [6.45, 7) is 7.51. The first-order chi connectivity index (χ1) is 18.2. The molecule has 0 radical (unpaired) electrons. The number of dihydropyridines is 1. The highest BCUT2D eigenvalue weighted by Crippen LogP contribution is 2.28. The van der Waals surface area contributed by atoms with Gasteiger partial charge in [-0.2, -0.15) is 5.10 Å². The zero-order valence-corrected chi connectivity index (χ0v) is 20.7. The van der Waals surface area contributed by atoms with Crippen LogP contribution in [0.5, 0.6) is 0 Å². The summed E-state index contributed by atoms with van der Waals surface area (Å²) in [7, 11) is 0. The molecule has 3 aliphatic heterocycles. The number of aromatic nitrogens is 3. The number of H-pyrrole nitrogens is 1. The number of nitrogens with zero attached hydrogens (tertiary/aromatic N) is 4. The molecule has 1 aromatic carbocycles. The lowest BCUT2D eigenvalue weighted by Gasteiger charge is -2.30. The number of carbonyl (C=O) groups excluding carboxylic acids is 1. The first kappa shape index (κ1) is 23.7. The van der Waals surface area contributed by atoms with E-state index in [1.54, 1.807) is 0 Å². The highest BCUT2D eigenvalue weighted by atomic mass is 16.5. The number of anilines is 1. The number of rotatable bonds is 6. The molecule has 0 aliphatic carbocycles. The van der Waals surface area contributed by atoms with Gasteiger partial charge in [0.25, 0.3) is 5.91 Å². The topological polar surface area (TPSA) is 108 Å². The number of hydrogen-bond donors (Lipinski definition) is 3. The molecule has 192 valence electrons. The normalized spacial score (nSPS) is 20.5. The number of carbonyl (C=O) groups is 1. The fourth-order valence-corrected chi connectivity index (χ4v) is 4.91. The van der Waals surface area contributed by atoms with Gasteiger partial charge in [0.2, 0.25) is 0 Å². The fourth-order valence-electron chi connectivity index (χ4n) is 4.91. The van der Waals surface area contributed by atoms with Gasteiger partial charge in [0.1, 0.15) is 0 Å². The third-order valence-electron chi connectivity index (χ3n) is 6.99.